The number of ether oxygens (including phenoxy) is 1. The quantitative estimate of drug-likeness (QED) is 0.724. The molecule has 1 aromatic carbocycles. The number of rotatable bonds is 8. The summed E-state index contributed by atoms with van der Waals surface area (Å²) in [5.41, 5.74) is 8.37. The van der Waals surface area contributed by atoms with Gasteiger partial charge in [-0.1, -0.05) is 19.1 Å². The van der Waals surface area contributed by atoms with Crippen LogP contribution in [0.3, 0.4) is 0 Å². The van der Waals surface area contributed by atoms with Crippen LogP contribution in [0.25, 0.3) is 0 Å². The smallest absolute Gasteiger partial charge is 0.237 e. The Bertz CT molecular complexity index is 500. The Balaban J connectivity index is 2.58. The monoisotopic (exact) mass is 292 g/mol. The fraction of sp³-hybridized carbons (Fsp3) is 0.588. The molecule has 1 rings (SSSR count). The van der Waals surface area contributed by atoms with Gasteiger partial charge in [-0.05, 0) is 63.8 Å². The molecule has 0 aliphatic rings. The first-order valence-electron chi connectivity index (χ1n) is 7.56. The van der Waals surface area contributed by atoms with Gasteiger partial charge in [0.2, 0.25) is 5.91 Å². The third-order valence-electron chi connectivity index (χ3n) is 4.05. The van der Waals surface area contributed by atoms with Crippen molar-refractivity contribution in [3.63, 3.8) is 0 Å². The number of nitrogens with two attached hydrogens (primary N) is 1. The zero-order valence-electron chi connectivity index (χ0n) is 13.9. The third kappa shape index (κ3) is 4.46. The summed E-state index contributed by atoms with van der Waals surface area (Å²) in [6.45, 7) is 11.3. The number of hydrogen-bond acceptors (Lipinski definition) is 3. The summed E-state index contributed by atoms with van der Waals surface area (Å²) in [4.78, 5) is 11.5. The van der Waals surface area contributed by atoms with Crippen molar-refractivity contribution in [2.45, 2.75) is 53.0 Å². The van der Waals surface area contributed by atoms with Crippen molar-refractivity contribution in [1.29, 1.82) is 0 Å². The van der Waals surface area contributed by atoms with E-state index >= 15 is 0 Å². The minimum atomic E-state index is -0.658. The van der Waals surface area contributed by atoms with Gasteiger partial charge in [-0.3, -0.25) is 4.79 Å². The van der Waals surface area contributed by atoms with Gasteiger partial charge in [0.25, 0.3) is 0 Å². The molecule has 0 aliphatic heterocycles. The van der Waals surface area contributed by atoms with Crippen LogP contribution in [0.4, 0.5) is 0 Å². The first kappa shape index (κ1) is 17.5. The van der Waals surface area contributed by atoms with Crippen LogP contribution in [0.15, 0.2) is 12.1 Å². The van der Waals surface area contributed by atoms with Crippen molar-refractivity contribution in [2.24, 2.45) is 5.73 Å². The first-order valence-corrected chi connectivity index (χ1v) is 7.56. The molecule has 1 aromatic rings. The molecule has 4 heteroatoms. The van der Waals surface area contributed by atoms with E-state index in [1.165, 1.54) is 11.1 Å². The van der Waals surface area contributed by atoms with E-state index in [-0.39, 0.29) is 5.91 Å². The Hall–Kier alpha value is -1.55. The molecule has 0 aliphatic carbocycles. The molecule has 21 heavy (non-hydrogen) atoms. The molecule has 3 N–H and O–H groups in total. The van der Waals surface area contributed by atoms with Crippen LogP contribution in [0.5, 0.6) is 5.75 Å². The second-order valence-electron chi connectivity index (χ2n) is 5.83. The number of amides is 1. The Labute approximate surface area is 128 Å². The van der Waals surface area contributed by atoms with Gasteiger partial charge >= 0.3 is 0 Å². The highest BCUT2D eigenvalue weighted by Crippen LogP contribution is 2.26. The number of likely N-dealkylation sites (N-methyl/N-ethyl adjacent to an activating group) is 1. The highest BCUT2D eigenvalue weighted by molar-refractivity contribution is 5.84. The Morgan fingerprint density at radius 1 is 1.29 bits per heavy atom. The molecule has 0 aromatic heterocycles. The zero-order chi connectivity index (χ0) is 16.0. The number of benzene rings is 1. The largest absolute Gasteiger partial charge is 0.493 e. The standard InChI is InChI=1S/C17H28N2O2/c1-6-19-17(5,16(18)20)10-7-11-21-15-13(3)9-8-12(2)14(15)4/h8-9,19H,6-7,10-11H2,1-5H3,(H2,18,20). The van der Waals surface area contributed by atoms with Crippen molar-refractivity contribution in [3.8, 4) is 5.75 Å². The first-order chi connectivity index (χ1) is 9.81. The fourth-order valence-corrected chi connectivity index (χ4v) is 2.44. The van der Waals surface area contributed by atoms with E-state index in [1.807, 2.05) is 20.8 Å². The van der Waals surface area contributed by atoms with Crippen LogP contribution < -0.4 is 15.8 Å². The second-order valence-corrected chi connectivity index (χ2v) is 5.83. The SMILES string of the molecule is CCNC(C)(CCCOc1c(C)ccc(C)c1C)C(N)=O. The maximum Gasteiger partial charge on any atom is 0.237 e. The maximum absolute atomic E-state index is 11.5. The van der Waals surface area contributed by atoms with Crippen molar-refractivity contribution in [2.75, 3.05) is 13.2 Å². The van der Waals surface area contributed by atoms with Gasteiger partial charge in [-0.25, -0.2) is 0 Å². The lowest BCUT2D eigenvalue weighted by atomic mass is 9.95. The molecule has 0 spiro atoms. The minimum Gasteiger partial charge on any atom is -0.493 e. The molecule has 0 saturated heterocycles. The van der Waals surface area contributed by atoms with Gasteiger partial charge in [-0.2, -0.15) is 0 Å². The third-order valence-corrected chi connectivity index (χ3v) is 4.05. The molecule has 4 nitrogen and oxygen atoms in total. The van der Waals surface area contributed by atoms with E-state index in [0.29, 0.717) is 13.0 Å². The van der Waals surface area contributed by atoms with Crippen LogP contribution in [-0.4, -0.2) is 24.6 Å². The highest BCUT2D eigenvalue weighted by atomic mass is 16.5. The van der Waals surface area contributed by atoms with Crippen molar-refractivity contribution < 1.29 is 9.53 Å². The topological polar surface area (TPSA) is 64.3 Å². The number of carbonyl (C=O) groups excluding carboxylic acids is 1. The van der Waals surface area contributed by atoms with E-state index < -0.39 is 5.54 Å². The van der Waals surface area contributed by atoms with Gasteiger partial charge in [0.05, 0.1) is 12.1 Å². The summed E-state index contributed by atoms with van der Waals surface area (Å²) < 4.78 is 5.92. The average molecular weight is 292 g/mol. The number of nitrogens with one attached hydrogen (secondary N) is 1. The fourth-order valence-electron chi connectivity index (χ4n) is 2.44. The summed E-state index contributed by atoms with van der Waals surface area (Å²) in [5, 5.41) is 3.16. The summed E-state index contributed by atoms with van der Waals surface area (Å²) in [7, 11) is 0. The van der Waals surface area contributed by atoms with Crippen molar-refractivity contribution in [3.05, 3.63) is 28.8 Å². The molecular weight excluding hydrogens is 264 g/mol. The van der Waals surface area contributed by atoms with Crippen LogP contribution in [0.1, 0.15) is 43.4 Å². The number of carbonyl (C=O) groups is 1. The second kappa shape index (κ2) is 7.46. The van der Waals surface area contributed by atoms with Crippen molar-refractivity contribution >= 4 is 5.91 Å². The molecule has 0 fully saturated rings. The lowest BCUT2D eigenvalue weighted by Gasteiger charge is -2.27. The van der Waals surface area contributed by atoms with Gasteiger partial charge < -0.3 is 15.8 Å². The van der Waals surface area contributed by atoms with Gasteiger partial charge in [-0.15, -0.1) is 0 Å². The van der Waals surface area contributed by atoms with E-state index in [4.69, 9.17) is 10.5 Å². The molecule has 0 bridgehead atoms. The van der Waals surface area contributed by atoms with Crippen LogP contribution in [-0.2, 0) is 4.79 Å². The van der Waals surface area contributed by atoms with Crippen molar-refractivity contribution in [1.82, 2.24) is 5.32 Å². The minimum absolute atomic E-state index is 0.313. The summed E-state index contributed by atoms with van der Waals surface area (Å²) in [6, 6.07) is 4.18. The number of hydrogen-bond donors (Lipinski definition) is 2. The molecule has 0 saturated carbocycles. The normalized spacial score (nSPS) is 13.8. The lowest BCUT2D eigenvalue weighted by molar-refractivity contribution is -0.124. The number of primary amides is 1. The zero-order valence-corrected chi connectivity index (χ0v) is 13.9. The predicted molar refractivity (Wildman–Crippen MR) is 86.7 cm³/mol. The van der Waals surface area contributed by atoms with Gasteiger partial charge in [0.15, 0.2) is 0 Å². The molecule has 0 heterocycles. The van der Waals surface area contributed by atoms with Crippen LogP contribution >= 0.6 is 0 Å². The summed E-state index contributed by atoms with van der Waals surface area (Å²) in [5.74, 6) is 0.645. The molecule has 1 unspecified atom stereocenters. The van der Waals surface area contributed by atoms with Gasteiger partial charge in [0.1, 0.15) is 5.75 Å². The molecule has 118 valence electrons. The van der Waals surface area contributed by atoms with E-state index in [2.05, 4.69) is 31.3 Å². The highest BCUT2D eigenvalue weighted by Gasteiger charge is 2.29. The number of aryl methyl sites for hydroxylation is 2. The Morgan fingerprint density at radius 3 is 2.48 bits per heavy atom. The Morgan fingerprint density at radius 2 is 1.90 bits per heavy atom. The summed E-state index contributed by atoms with van der Waals surface area (Å²) >= 11 is 0. The molecule has 0 radical (unpaired) electrons. The lowest BCUT2D eigenvalue weighted by Crippen LogP contribution is -2.53. The van der Waals surface area contributed by atoms with Gasteiger partial charge in [0, 0.05) is 0 Å². The molecule has 1 atom stereocenters. The molecular formula is C17H28N2O2. The van der Waals surface area contributed by atoms with E-state index in [0.717, 1.165) is 24.3 Å². The van der Waals surface area contributed by atoms with Crippen LogP contribution in [0, 0.1) is 20.8 Å². The summed E-state index contributed by atoms with van der Waals surface area (Å²) in [6.07, 6.45) is 1.44. The van der Waals surface area contributed by atoms with Crippen LogP contribution in [0.2, 0.25) is 0 Å². The Kier molecular flexibility index (Phi) is 6.21. The maximum atomic E-state index is 11.5. The van der Waals surface area contributed by atoms with E-state index in [1.54, 1.807) is 0 Å². The van der Waals surface area contributed by atoms with E-state index in [9.17, 15) is 4.79 Å². The predicted octanol–water partition coefficient (Wildman–Crippen LogP) is 2.62. The average Bonchev–Trinajstić information content (AvgIpc) is 2.42. The molecule has 1 amide bonds.